The second-order valence-corrected chi connectivity index (χ2v) is 5.00. The van der Waals surface area contributed by atoms with Crippen molar-refractivity contribution in [2.75, 3.05) is 13.2 Å². The Morgan fingerprint density at radius 3 is 2.61 bits per heavy atom. The third kappa shape index (κ3) is 2.55. The summed E-state index contributed by atoms with van der Waals surface area (Å²) >= 11 is 0. The van der Waals surface area contributed by atoms with Crippen molar-refractivity contribution in [2.24, 2.45) is 0 Å². The van der Waals surface area contributed by atoms with Crippen LogP contribution >= 0.6 is 0 Å². The number of nitrogens with zero attached hydrogens (tertiary/aromatic N) is 2. The van der Waals surface area contributed by atoms with E-state index >= 15 is 0 Å². The maximum atomic E-state index is 5.70. The van der Waals surface area contributed by atoms with E-state index in [0.717, 1.165) is 38.9 Å². The quantitative estimate of drug-likeness (QED) is 0.871. The van der Waals surface area contributed by atoms with Gasteiger partial charge in [-0.15, -0.1) is 0 Å². The number of aromatic nitrogens is 2. The third-order valence-electron chi connectivity index (χ3n) is 3.67. The molecule has 2 fully saturated rings. The van der Waals surface area contributed by atoms with Crippen LogP contribution in [0.3, 0.4) is 0 Å². The lowest BCUT2D eigenvalue weighted by Gasteiger charge is -2.35. The molecule has 0 bridgehead atoms. The summed E-state index contributed by atoms with van der Waals surface area (Å²) in [6, 6.07) is 0.482. The summed E-state index contributed by atoms with van der Waals surface area (Å²) in [5, 5.41) is 7.22. The van der Waals surface area contributed by atoms with Crippen LogP contribution < -0.4 is 5.32 Å². The van der Waals surface area contributed by atoms with Crippen LogP contribution in [0.1, 0.15) is 37.4 Å². The lowest BCUT2D eigenvalue weighted by Crippen LogP contribution is -2.41. The fourth-order valence-electron chi connectivity index (χ4n) is 2.69. The van der Waals surface area contributed by atoms with Gasteiger partial charge in [0.1, 0.15) is 0 Å². The van der Waals surface area contributed by atoms with Crippen LogP contribution in [0.4, 0.5) is 0 Å². The van der Waals surface area contributed by atoms with Crippen LogP contribution in [-0.2, 0) is 16.0 Å². The molecule has 2 aliphatic rings. The largest absolute Gasteiger partial charge is 0.348 e. The van der Waals surface area contributed by atoms with E-state index in [1.165, 1.54) is 0 Å². The van der Waals surface area contributed by atoms with Crippen LogP contribution in [0, 0.1) is 6.92 Å². The third-order valence-corrected chi connectivity index (χ3v) is 3.67. The zero-order chi connectivity index (χ0) is 12.4. The van der Waals surface area contributed by atoms with Gasteiger partial charge in [0.05, 0.1) is 19.8 Å². The molecule has 1 aromatic rings. The monoisotopic (exact) mass is 253 g/mol. The Morgan fingerprint density at radius 1 is 1.28 bits per heavy atom. The average molecular weight is 253 g/mol. The molecule has 1 saturated heterocycles. The Kier molecular flexibility index (Phi) is 3.32. The topological polar surface area (TPSA) is 69.4 Å². The summed E-state index contributed by atoms with van der Waals surface area (Å²) in [6.45, 7) is 3.94. The second kappa shape index (κ2) is 4.95. The van der Waals surface area contributed by atoms with Crippen LogP contribution in [0.25, 0.3) is 0 Å². The minimum absolute atomic E-state index is 0.279. The first-order chi connectivity index (χ1) is 8.76. The summed E-state index contributed by atoms with van der Waals surface area (Å²) in [7, 11) is 0. The molecule has 1 saturated carbocycles. The summed E-state index contributed by atoms with van der Waals surface area (Å²) in [6.07, 6.45) is 4.06. The first kappa shape index (κ1) is 12.1. The van der Waals surface area contributed by atoms with Crippen LogP contribution in [0.5, 0.6) is 0 Å². The number of aryl methyl sites for hydroxylation is 1. The average Bonchev–Trinajstić information content (AvgIpc) is 2.99. The molecule has 6 nitrogen and oxygen atoms in total. The highest BCUT2D eigenvalue weighted by molar-refractivity contribution is 4.87. The van der Waals surface area contributed by atoms with E-state index in [9.17, 15) is 0 Å². The molecule has 0 aromatic carbocycles. The number of rotatable bonds is 3. The first-order valence-corrected chi connectivity index (χ1v) is 6.56. The predicted octanol–water partition coefficient (Wildman–Crippen LogP) is 1.15. The van der Waals surface area contributed by atoms with Gasteiger partial charge in [-0.3, -0.25) is 0 Å². The van der Waals surface area contributed by atoms with Gasteiger partial charge in [-0.1, -0.05) is 5.16 Å². The zero-order valence-corrected chi connectivity index (χ0v) is 10.6. The van der Waals surface area contributed by atoms with Crippen molar-refractivity contribution in [3.8, 4) is 0 Å². The number of hydrogen-bond donors (Lipinski definition) is 1. The van der Waals surface area contributed by atoms with Gasteiger partial charge < -0.3 is 19.3 Å². The molecule has 100 valence electrons. The van der Waals surface area contributed by atoms with Crippen molar-refractivity contribution in [2.45, 2.75) is 51.0 Å². The Hall–Kier alpha value is -0.980. The molecule has 0 amide bonds. The van der Waals surface area contributed by atoms with Crippen LogP contribution in [0.15, 0.2) is 4.52 Å². The Balaban J connectivity index is 1.45. The molecule has 6 heteroatoms. The fraction of sp³-hybridized carbons (Fsp3) is 0.833. The number of nitrogens with one attached hydrogen (secondary N) is 1. The molecule has 2 heterocycles. The van der Waals surface area contributed by atoms with Crippen molar-refractivity contribution in [3.05, 3.63) is 11.7 Å². The van der Waals surface area contributed by atoms with Crippen LogP contribution in [-0.4, -0.2) is 35.2 Å². The highest BCUT2D eigenvalue weighted by atomic mass is 16.7. The Labute approximate surface area is 106 Å². The fourth-order valence-corrected chi connectivity index (χ4v) is 2.69. The van der Waals surface area contributed by atoms with E-state index in [4.69, 9.17) is 14.0 Å². The van der Waals surface area contributed by atoms with Gasteiger partial charge in [0, 0.05) is 18.9 Å². The molecule has 3 rings (SSSR count). The first-order valence-electron chi connectivity index (χ1n) is 6.56. The van der Waals surface area contributed by atoms with E-state index in [1.54, 1.807) is 0 Å². The van der Waals surface area contributed by atoms with Crippen LogP contribution in [0.2, 0.25) is 0 Å². The SMILES string of the molecule is Cc1noc(CNC2CCC3(CC2)OCCO3)n1. The maximum Gasteiger partial charge on any atom is 0.240 e. The van der Waals surface area contributed by atoms with Crippen molar-refractivity contribution >= 4 is 0 Å². The molecular formula is C12H19N3O3. The van der Waals surface area contributed by atoms with Crippen molar-refractivity contribution < 1.29 is 14.0 Å². The molecule has 1 N–H and O–H groups in total. The second-order valence-electron chi connectivity index (χ2n) is 5.00. The Morgan fingerprint density at radius 2 is 2.00 bits per heavy atom. The molecule has 1 aliphatic carbocycles. The zero-order valence-electron chi connectivity index (χ0n) is 10.6. The van der Waals surface area contributed by atoms with Crippen molar-refractivity contribution in [1.29, 1.82) is 0 Å². The van der Waals surface area contributed by atoms with Gasteiger partial charge >= 0.3 is 0 Å². The molecule has 1 aliphatic heterocycles. The highest BCUT2D eigenvalue weighted by Gasteiger charge is 2.40. The molecule has 0 radical (unpaired) electrons. The maximum absolute atomic E-state index is 5.70. The molecule has 1 aromatic heterocycles. The van der Waals surface area contributed by atoms with Gasteiger partial charge in [-0.25, -0.2) is 0 Å². The predicted molar refractivity (Wildman–Crippen MR) is 62.8 cm³/mol. The number of ether oxygens (including phenoxy) is 2. The van der Waals surface area contributed by atoms with E-state index in [0.29, 0.717) is 24.3 Å². The Bertz CT molecular complexity index is 391. The molecule has 0 atom stereocenters. The van der Waals surface area contributed by atoms with Gasteiger partial charge in [-0.05, 0) is 19.8 Å². The molecule has 18 heavy (non-hydrogen) atoms. The molecule has 1 spiro atoms. The summed E-state index contributed by atoms with van der Waals surface area (Å²) in [5.74, 6) is 1.06. The molecular weight excluding hydrogens is 234 g/mol. The summed E-state index contributed by atoms with van der Waals surface area (Å²) in [5.41, 5.74) is 0. The van der Waals surface area contributed by atoms with E-state index in [-0.39, 0.29) is 5.79 Å². The van der Waals surface area contributed by atoms with Gasteiger partial charge in [0.15, 0.2) is 11.6 Å². The lowest BCUT2D eigenvalue weighted by molar-refractivity contribution is -0.179. The van der Waals surface area contributed by atoms with E-state index in [1.807, 2.05) is 6.92 Å². The van der Waals surface area contributed by atoms with Gasteiger partial charge in [0.2, 0.25) is 5.89 Å². The van der Waals surface area contributed by atoms with E-state index in [2.05, 4.69) is 15.5 Å². The smallest absolute Gasteiger partial charge is 0.240 e. The normalized spacial score (nSPS) is 23.8. The van der Waals surface area contributed by atoms with Crippen molar-refractivity contribution in [3.63, 3.8) is 0 Å². The summed E-state index contributed by atoms with van der Waals surface area (Å²) < 4.78 is 16.5. The van der Waals surface area contributed by atoms with Crippen molar-refractivity contribution in [1.82, 2.24) is 15.5 Å². The standard InChI is InChI=1S/C12H19N3O3/c1-9-14-11(18-15-9)8-13-10-2-4-12(5-3-10)16-6-7-17-12/h10,13H,2-8H2,1H3. The van der Waals surface area contributed by atoms with Gasteiger partial charge in [-0.2, -0.15) is 4.98 Å². The highest BCUT2D eigenvalue weighted by Crippen LogP contribution is 2.35. The minimum Gasteiger partial charge on any atom is -0.348 e. The lowest BCUT2D eigenvalue weighted by atomic mass is 9.90. The van der Waals surface area contributed by atoms with E-state index < -0.39 is 0 Å². The van der Waals surface area contributed by atoms with Gasteiger partial charge in [0.25, 0.3) is 0 Å². The summed E-state index contributed by atoms with van der Waals surface area (Å²) in [4.78, 5) is 4.18. The molecule has 0 unspecified atom stereocenters. The number of hydrogen-bond acceptors (Lipinski definition) is 6. The minimum atomic E-state index is -0.279.